The van der Waals surface area contributed by atoms with Gasteiger partial charge in [-0.1, -0.05) is 23.7 Å². The van der Waals surface area contributed by atoms with Crippen molar-refractivity contribution in [1.82, 2.24) is 9.88 Å². The Morgan fingerprint density at radius 1 is 1.43 bits per heavy atom. The van der Waals surface area contributed by atoms with Crippen LogP contribution in [0.1, 0.15) is 48.1 Å². The number of carboxylic acid groups (broad SMARTS) is 1. The molecule has 1 aliphatic heterocycles. The highest BCUT2D eigenvalue weighted by Gasteiger charge is 2.42. The maximum Gasteiger partial charge on any atom is 0.357 e. The van der Waals surface area contributed by atoms with E-state index in [1.807, 2.05) is 12.1 Å². The highest BCUT2D eigenvalue weighted by molar-refractivity contribution is 6.30. The quantitative estimate of drug-likeness (QED) is 0.921. The van der Waals surface area contributed by atoms with E-state index in [0.717, 1.165) is 18.0 Å². The number of aromatic nitrogens is 1. The van der Waals surface area contributed by atoms with Crippen molar-refractivity contribution in [3.05, 3.63) is 52.7 Å². The number of nitrogens with zero attached hydrogens (tertiary/aromatic N) is 2. The predicted octanol–water partition coefficient (Wildman–Crippen LogP) is 3.79. The molecule has 0 aliphatic carbocycles. The van der Waals surface area contributed by atoms with Gasteiger partial charge in [-0.15, -0.1) is 0 Å². The van der Waals surface area contributed by atoms with Crippen LogP contribution in [0.2, 0.25) is 5.02 Å². The number of hydrogen-bond donors (Lipinski definition) is 1. The van der Waals surface area contributed by atoms with E-state index in [2.05, 4.69) is 35.9 Å². The van der Waals surface area contributed by atoms with E-state index in [1.54, 1.807) is 0 Å². The molecule has 0 amide bonds. The summed E-state index contributed by atoms with van der Waals surface area (Å²) in [6, 6.07) is 7.99. The van der Waals surface area contributed by atoms with Gasteiger partial charge in [0.25, 0.3) is 0 Å². The first-order valence-electron chi connectivity index (χ1n) is 7.56. The zero-order chi connectivity index (χ0) is 16.6. The molecule has 0 radical (unpaired) electrons. The van der Waals surface area contributed by atoms with Gasteiger partial charge in [0.05, 0.1) is 6.54 Å². The second kappa shape index (κ2) is 5.98. The van der Waals surface area contributed by atoms with Crippen molar-refractivity contribution in [2.24, 2.45) is 0 Å². The lowest BCUT2D eigenvalue weighted by Crippen LogP contribution is -2.41. The summed E-state index contributed by atoms with van der Waals surface area (Å²) < 4.78 is 5.29. The average Bonchev–Trinajstić information content (AvgIpc) is 3.07. The summed E-state index contributed by atoms with van der Waals surface area (Å²) in [6.45, 7) is 5.80. The van der Waals surface area contributed by atoms with E-state index < -0.39 is 5.97 Å². The fraction of sp³-hybridized carbons (Fsp3) is 0.412. The Morgan fingerprint density at radius 3 is 2.74 bits per heavy atom. The first-order chi connectivity index (χ1) is 10.9. The Balaban J connectivity index is 1.76. The number of aromatic carboxylic acids is 1. The second-order valence-electron chi connectivity index (χ2n) is 6.40. The lowest BCUT2D eigenvalue weighted by atomic mass is 9.83. The van der Waals surface area contributed by atoms with Crippen LogP contribution in [-0.4, -0.2) is 33.0 Å². The summed E-state index contributed by atoms with van der Waals surface area (Å²) in [4.78, 5) is 17.2. The van der Waals surface area contributed by atoms with Crippen molar-refractivity contribution in [3.8, 4) is 0 Å². The van der Waals surface area contributed by atoms with E-state index in [-0.39, 0.29) is 11.2 Å². The van der Waals surface area contributed by atoms with Gasteiger partial charge in [0.1, 0.15) is 6.26 Å². The van der Waals surface area contributed by atoms with E-state index in [0.29, 0.717) is 18.4 Å². The average molecular weight is 335 g/mol. The van der Waals surface area contributed by atoms with Crippen molar-refractivity contribution in [2.45, 2.75) is 38.3 Å². The van der Waals surface area contributed by atoms with Crippen LogP contribution < -0.4 is 0 Å². The maximum absolute atomic E-state index is 10.9. The number of halogens is 1. The molecule has 1 atom stereocenters. The third-order valence-electron chi connectivity index (χ3n) is 4.72. The predicted molar refractivity (Wildman–Crippen MR) is 86.8 cm³/mol. The fourth-order valence-corrected chi connectivity index (χ4v) is 3.47. The molecule has 1 aromatic carbocycles. The number of carbonyl (C=O) groups is 1. The van der Waals surface area contributed by atoms with Gasteiger partial charge in [0.15, 0.2) is 5.69 Å². The number of benzene rings is 1. The number of carboxylic acids is 1. The minimum atomic E-state index is -1.07. The molecule has 0 spiro atoms. The van der Waals surface area contributed by atoms with Crippen molar-refractivity contribution in [1.29, 1.82) is 0 Å². The van der Waals surface area contributed by atoms with Gasteiger partial charge in [-0.05, 0) is 44.5 Å². The van der Waals surface area contributed by atoms with E-state index >= 15 is 0 Å². The number of hydrogen-bond acceptors (Lipinski definition) is 4. The van der Waals surface area contributed by atoms with Crippen LogP contribution in [0, 0.1) is 0 Å². The smallest absolute Gasteiger partial charge is 0.357 e. The highest BCUT2D eigenvalue weighted by atomic mass is 35.5. The molecule has 2 heterocycles. The van der Waals surface area contributed by atoms with E-state index in [4.69, 9.17) is 21.1 Å². The van der Waals surface area contributed by atoms with E-state index in [1.165, 1.54) is 11.8 Å². The standard InChI is InChI=1S/C17H19ClN2O3/c1-17(2)13(11-3-5-12(18)6-4-11)7-8-20(17)9-15-19-14(10-23-15)16(21)22/h3-6,10,13H,7-9H2,1-2H3,(H,21,22)/t13-/m1/s1. The third kappa shape index (κ3) is 3.12. The molecule has 122 valence electrons. The van der Waals surface area contributed by atoms with Crippen LogP contribution in [0.5, 0.6) is 0 Å². The van der Waals surface area contributed by atoms with E-state index in [9.17, 15) is 4.79 Å². The summed E-state index contributed by atoms with van der Waals surface area (Å²) >= 11 is 5.97. The van der Waals surface area contributed by atoms with Crippen molar-refractivity contribution in [3.63, 3.8) is 0 Å². The lowest BCUT2D eigenvalue weighted by molar-refractivity contribution is 0.0690. The number of oxazole rings is 1. The molecular formula is C17H19ClN2O3. The zero-order valence-electron chi connectivity index (χ0n) is 13.1. The summed E-state index contributed by atoms with van der Waals surface area (Å²) in [5.41, 5.74) is 1.14. The third-order valence-corrected chi connectivity index (χ3v) is 4.98. The van der Waals surface area contributed by atoms with Gasteiger partial charge in [-0.2, -0.15) is 0 Å². The van der Waals surface area contributed by atoms with Gasteiger partial charge >= 0.3 is 5.97 Å². The van der Waals surface area contributed by atoms with Crippen molar-refractivity contribution < 1.29 is 14.3 Å². The molecule has 3 rings (SSSR count). The minimum absolute atomic E-state index is 0.0498. The first kappa shape index (κ1) is 16.0. The molecule has 2 aromatic rings. The maximum atomic E-state index is 10.9. The summed E-state index contributed by atoms with van der Waals surface area (Å²) in [5.74, 6) is -0.249. The molecule has 0 unspecified atom stereocenters. The Kier molecular flexibility index (Phi) is 4.17. The molecule has 1 saturated heterocycles. The normalized spacial score (nSPS) is 20.7. The molecule has 1 aromatic heterocycles. The molecular weight excluding hydrogens is 316 g/mol. The number of rotatable bonds is 4. The molecule has 1 aliphatic rings. The summed E-state index contributed by atoms with van der Waals surface area (Å²) in [7, 11) is 0. The van der Waals surface area contributed by atoms with Crippen LogP contribution >= 0.6 is 11.6 Å². The van der Waals surface area contributed by atoms with Crippen LogP contribution in [0.25, 0.3) is 0 Å². The molecule has 23 heavy (non-hydrogen) atoms. The van der Waals surface area contributed by atoms with Gasteiger partial charge in [0, 0.05) is 16.5 Å². The Labute approximate surface area is 139 Å². The molecule has 6 heteroatoms. The number of likely N-dealkylation sites (tertiary alicyclic amines) is 1. The monoisotopic (exact) mass is 334 g/mol. The summed E-state index contributed by atoms with van der Waals surface area (Å²) in [6.07, 6.45) is 2.22. The minimum Gasteiger partial charge on any atom is -0.476 e. The second-order valence-corrected chi connectivity index (χ2v) is 6.84. The largest absolute Gasteiger partial charge is 0.476 e. The summed E-state index contributed by atoms with van der Waals surface area (Å²) in [5, 5.41) is 9.67. The highest BCUT2D eigenvalue weighted by Crippen LogP contribution is 2.42. The first-order valence-corrected chi connectivity index (χ1v) is 7.94. The Bertz CT molecular complexity index is 709. The molecule has 0 bridgehead atoms. The van der Waals surface area contributed by atoms with Gasteiger partial charge in [-0.25, -0.2) is 9.78 Å². The lowest BCUT2D eigenvalue weighted by Gasteiger charge is -2.35. The Morgan fingerprint density at radius 2 is 2.13 bits per heavy atom. The van der Waals surface area contributed by atoms with Crippen LogP contribution in [0.3, 0.4) is 0 Å². The van der Waals surface area contributed by atoms with Gasteiger partial charge in [-0.3, -0.25) is 4.90 Å². The fourth-order valence-electron chi connectivity index (χ4n) is 3.34. The molecule has 0 saturated carbocycles. The van der Waals surface area contributed by atoms with Crippen LogP contribution in [0.15, 0.2) is 34.9 Å². The molecule has 1 N–H and O–H groups in total. The zero-order valence-corrected chi connectivity index (χ0v) is 13.9. The van der Waals surface area contributed by atoms with Gasteiger partial charge < -0.3 is 9.52 Å². The SMILES string of the molecule is CC1(C)[C@@H](c2ccc(Cl)cc2)CCN1Cc1nc(C(=O)O)co1. The van der Waals surface area contributed by atoms with Crippen LogP contribution in [-0.2, 0) is 6.54 Å². The topological polar surface area (TPSA) is 66.6 Å². The molecule has 5 nitrogen and oxygen atoms in total. The van der Waals surface area contributed by atoms with Gasteiger partial charge in [0.2, 0.25) is 5.89 Å². The van der Waals surface area contributed by atoms with Crippen molar-refractivity contribution in [2.75, 3.05) is 6.54 Å². The van der Waals surface area contributed by atoms with Crippen LogP contribution in [0.4, 0.5) is 0 Å². The van der Waals surface area contributed by atoms with Crippen molar-refractivity contribution >= 4 is 17.6 Å². The Hall–Kier alpha value is -1.85. The molecule has 1 fully saturated rings.